The van der Waals surface area contributed by atoms with E-state index in [4.69, 9.17) is 9.84 Å². The number of hydrogen-bond donors (Lipinski definition) is 1. The molecule has 0 amide bonds. The van der Waals surface area contributed by atoms with Crippen LogP contribution < -0.4 is 4.74 Å². The summed E-state index contributed by atoms with van der Waals surface area (Å²) in [7, 11) is 0. The van der Waals surface area contributed by atoms with Crippen LogP contribution in [0.4, 0.5) is 8.78 Å². The van der Waals surface area contributed by atoms with Gasteiger partial charge in [-0.25, -0.2) is 8.78 Å². The number of para-hydroxylation sites is 2. The molecular formula is C23H17F2NO3. The van der Waals surface area contributed by atoms with Crippen LogP contribution in [-0.4, -0.2) is 15.6 Å². The van der Waals surface area contributed by atoms with Gasteiger partial charge in [0.15, 0.2) is 17.4 Å². The van der Waals surface area contributed by atoms with Crippen molar-refractivity contribution < 1.29 is 23.4 Å². The normalized spacial score (nSPS) is 11.0. The number of carboxylic acid groups (broad SMARTS) is 1. The molecule has 146 valence electrons. The van der Waals surface area contributed by atoms with Crippen molar-refractivity contribution in [3.8, 4) is 11.5 Å². The molecular weight excluding hydrogens is 376 g/mol. The van der Waals surface area contributed by atoms with E-state index in [1.807, 2.05) is 41.1 Å². The second-order valence-electron chi connectivity index (χ2n) is 6.67. The fourth-order valence-corrected chi connectivity index (χ4v) is 3.36. The smallest absolute Gasteiger partial charge is 0.307 e. The van der Waals surface area contributed by atoms with E-state index in [0.29, 0.717) is 12.3 Å². The van der Waals surface area contributed by atoms with Gasteiger partial charge in [0.1, 0.15) is 5.75 Å². The Bertz CT molecular complexity index is 1180. The summed E-state index contributed by atoms with van der Waals surface area (Å²) in [5.74, 6) is -2.57. The predicted octanol–water partition coefficient (Wildman–Crippen LogP) is 5.39. The number of hydrogen-bond acceptors (Lipinski definition) is 2. The monoisotopic (exact) mass is 393 g/mol. The second-order valence-corrected chi connectivity index (χ2v) is 6.67. The van der Waals surface area contributed by atoms with Crippen molar-refractivity contribution in [3.63, 3.8) is 0 Å². The lowest BCUT2D eigenvalue weighted by molar-refractivity contribution is -0.136. The van der Waals surface area contributed by atoms with Crippen LogP contribution >= 0.6 is 0 Å². The van der Waals surface area contributed by atoms with Gasteiger partial charge in [-0.2, -0.15) is 0 Å². The van der Waals surface area contributed by atoms with Crippen LogP contribution in [0.1, 0.15) is 11.1 Å². The maximum Gasteiger partial charge on any atom is 0.307 e. The van der Waals surface area contributed by atoms with Gasteiger partial charge in [-0.3, -0.25) is 4.79 Å². The minimum Gasteiger partial charge on any atom is -0.481 e. The Morgan fingerprint density at radius 3 is 2.45 bits per heavy atom. The van der Waals surface area contributed by atoms with Crippen LogP contribution in [0, 0.1) is 11.6 Å². The highest BCUT2D eigenvalue weighted by Gasteiger charge is 2.13. The molecule has 1 aromatic heterocycles. The molecule has 0 atom stereocenters. The molecule has 0 aliphatic carbocycles. The van der Waals surface area contributed by atoms with Gasteiger partial charge in [0.2, 0.25) is 0 Å². The highest BCUT2D eigenvalue weighted by atomic mass is 19.1. The largest absolute Gasteiger partial charge is 0.481 e. The van der Waals surface area contributed by atoms with E-state index in [1.54, 1.807) is 18.2 Å². The average Bonchev–Trinajstić information content (AvgIpc) is 3.02. The van der Waals surface area contributed by atoms with Crippen LogP contribution in [0.25, 0.3) is 10.9 Å². The summed E-state index contributed by atoms with van der Waals surface area (Å²) in [4.78, 5) is 11.2. The molecule has 4 rings (SSSR count). The molecule has 4 nitrogen and oxygen atoms in total. The Kier molecular flexibility index (Phi) is 4.99. The molecule has 0 spiro atoms. The van der Waals surface area contributed by atoms with Crippen LogP contribution in [0.2, 0.25) is 0 Å². The quantitative estimate of drug-likeness (QED) is 0.478. The maximum atomic E-state index is 13.8. The zero-order valence-electron chi connectivity index (χ0n) is 15.3. The van der Waals surface area contributed by atoms with Crippen LogP contribution in [-0.2, 0) is 17.8 Å². The molecule has 0 aliphatic rings. The Balaban J connectivity index is 1.64. The Labute approximate surface area is 165 Å². The van der Waals surface area contributed by atoms with Gasteiger partial charge in [0.25, 0.3) is 0 Å². The van der Waals surface area contributed by atoms with Gasteiger partial charge in [0.05, 0.1) is 6.42 Å². The number of carbonyl (C=O) groups is 1. The maximum absolute atomic E-state index is 13.8. The zero-order valence-corrected chi connectivity index (χ0v) is 15.3. The summed E-state index contributed by atoms with van der Waals surface area (Å²) in [6.45, 7) is 0.455. The number of fused-ring (bicyclic) bond motifs is 1. The van der Waals surface area contributed by atoms with Crippen LogP contribution in [0.3, 0.4) is 0 Å². The van der Waals surface area contributed by atoms with E-state index in [9.17, 15) is 13.6 Å². The van der Waals surface area contributed by atoms with Gasteiger partial charge < -0.3 is 14.4 Å². The standard InChI is InChI=1S/C23H17F2NO3/c24-19-8-4-9-20(25)23(19)29-17-6-3-5-15(11-17)13-26-14-16(12-22(27)28)18-7-1-2-10-21(18)26/h1-11,14H,12-13H2,(H,27,28). The molecule has 1 heterocycles. The number of aliphatic carboxylic acids is 1. The summed E-state index contributed by atoms with van der Waals surface area (Å²) in [5, 5.41) is 10.0. The van der Waals surface area contributed by atoms with Gasteiger partial charge in [-0.15, -0.1) is 0 Å². The van der Waals surface area contributed by atoms with Crippen molar-refractivity contribution in [2.24, 2.45) is 0 Å². The molecule has 0 aliphatic heterocycles. The lowest BCUT2D eigenvalue weighted by Crippen LogP contribution is -2.00. The summed E-state index contributed by atoms with van der Waals surface area (Å²) in [5.41, 5.74) is 2.49. The van der Waals surface area contributed by atoms with E-state index in [-0.39, 0.29) is 6.42 Å². The highest BCUT2D eigenvalue weighted by Crippen LogP contribution is 2.29. The number of rotatable bonds is 6. The second kappa shape index (κ2) is 7.75. The lowest BCUT2D eigenvalue weighted by Gasteiger charge is -2.10. The fraction of sp³-hybridized carbons (Fsp3) is 0.0870. The first-order valence-corrected chi connectivity index (χ1v) is 9.00. The third kappa shape index (κ3) is 3.96. The minimum absolute atomic E-state index is 0.0662. The van der Waals surface area contributed by atoms with Gasteiger partial charge in [-0.05, 0) is 41.5 Å². The number of halogens is 2. The first-order chi connectivity index (χ1) is 14.0. The molecule has 0 bridgehead atoms. The van der Waals surface area contributed by atoms with Crippen LogP contribution in [0.5, 0.6) is 11.5 Å². The van der Waals surface area contributed by atoms with Crippen molar-refractivity contribution in [1.82, 2.24) is 4.57 Å². The topological polar surface area (TPSA) is 51.5 Å². The Morgan fingerprint density at radius 2 is 1.69 bits per heavy atom. The molecule has 4 aromatic rings. The summed E-state index contributed by atoms with van der Waals surface area (Å²) < 4.78 is 35.1. The molecule has 29 heavy (non-hydrogen) atoms. The Morgan fingerprint density at radius 1 is 0.966 bits per heavy atom. The zero-order chi connectivity index (χ0) is 20.4. The summed E-state index contributed by atoms with van der Waals surface area (Å²) >= 11 is 0. The highest BCUT2D eigenvalue weighted by molar-refractivity contribution is 5.87. The third-order valence-corrected chi connectivity index (χ3v) is 4.60. The average molecular weight is 393 g/mol. The van der Waals surface area contributed by atoms with Crippen molar-refractivity contribution in [1.29, 1.82) is 0 Å². The van der Waals surface area contributed by atoms with Crippen molar-refractivity contribution >= 4 is 16.9 Å². The van der Waals surface area contributed by atoms with Gasteiger partial charge >= 0.3 is 5.97 Å². The molecule has 0 radical (unpaired) electrons. The van der Waals surface area contributed by atoms with Gasteiger partial charge in [0, 0.05) is 23.6 Å². The lowest BCUT2D eigenvalue weighted by atomic mass is 10.1. The number of benzene rings is 3. The predicted molar refractivity (Wildman–Crippen MR) is 105 cm³/mol. The summed E-state index contributed by atoms with van der Waals surface area (Å²) in [6, 6.07) is 18.1. The van der Waals surface area contributed by atoms with E-state index in [0.717, 1.165) is 34.2 Å². The van der Waals surface area contributed by atoms with Crippen LogP contribution in [0.15, 0.2) is 72.9 Å². The molecule has 0 saturated carbocycles. The third-order valence-electron chi connectivity index (χ3n) is 4.60. The van der Waals surface area contributed by atoms with E-state index >= 15 is 0 Å². The van der Waals surface area contributed by atoms with Crippen molar-refractivity contribution in [2.45, 2.75) is 13.0 Å². The molecule has 6 heteroatoms. The minimum atomic E-state index is -0.893. The Hall–Kier alpha value is -3.67. The number of ether oxygens (including phenoxy) is 1. The molecule has 0 fully saturated rings. The van der Waals surface area contributed by atoms with E-state index in [1.165, 1.54) is 6.07 Å². The molecule has 0 unspecified atom stereocenters. The van der Waals surface area contributed by atoms with Crippen molar-refractivity contribution in [3.05, 3.63) is 95.7 Å². The number of nitrogens with zero attached hydrogens (tertiary/aromatic N) is 1. The molecule has 3 aromatic carbocycles. The summed E-state index contributed by atoms with van der Waals surface area (Å²) in [6.07, 6.45) is 1.76. The first-order valence-electron chi connectivity index (χ1n) is 9.00. The fourth-order valence-electron chi connectivity index (χ4n) is 3.36. The SMILES string of the molecule is O=C(O)Cc1cn(Cc2cccc(Oc3c(F)cccc3F)c2)c2ccccc12. The van der Waals surface area contributed by atoms with E-state index in [2.05, 4.69) is 0 Å². The van der Waals surface area contributed by atoms with Crippen molar-refractivity contribution in [2.75, 3.05) is 0 Å². The van der Waals surface area contributed by atoms with Gasteiger partial charge in [-0.1, -0.05) is 36.4 Å². The van der Waals surface area contributed by atoms with E-state index < -0.39 is 23.4 Å². The number of carboxylic acids is 1. The first kappa shape index (κ1) is 18.7. The molecule has 1 N–H and O–H groups in total. The molecule has 0 saturated heterocycles. The number of aromatic nitrogens is 1.